The number of benzene rings is 2. The molecule has 13 heteroatoms. The normalized spacial score (nSPS) is 11.5. The van der Waals surface area contributed by atoms with E-state index >= 15 is 8.78 Å². The van der Waals surface area contributed by atoms with Gasteiger partial charge >= 0.3 is 5.97 Å². The van der Waals surface area contributed by atoms with E-state index in [-0.39, 0.29) is 80.7 Å². The Hall–Kier alpha value is -4.81. The lowest BCUT2D eigenvalue weighted by atomic mass is 10.0. The second kappa shape index (κ2) is 11.2. The van der Waals surface area contributed by atoms with Crippen LogP contribution in [0.15, 0.2) is 69.2 Å². The van der Waals surface area contributed by atoms with Crippen molar-refractivity contribution in [2.45, 2.75) is 6.54 Å². The molecular weight excluding hydrogens is 572 g/mol. The first-order chi connectivity index (χ1) is 19.7. The van der Waals surface area contributed by atoms with Gasteiger partial charge in [0.1, 0.15) is 29.5 Å². The molecule has 0 amide bonds. The fourth-order valence-electron chi connectivity index (χ4n) is 4.98. The number of rotatable bonds is 7. The summed E-state index contributed by atoms with van der Waals surface area (Å²) in [4.78, 5) is 50.2. The third kappa shape index (κ3) is 4.84. The van der Waals surface area contributed by atoms with Gasteiger partial charge in [-0.05, 0) is 44.4 Å². The lowest BCUT2D eigenvalue weighted by Crippen LogP contribution is -2.22. The second-order valence-corrected chi connectivity index (χ2v) is 9.77. The average molecular weight is 596 g/mol. The van der Waals surface area contributed by atoms with E-state index in [1.54, 1.807) is 6.07 Å². The summed E-state index contributed by atoms with van der Waals surface area (Å²) in [6.07, 6.45) is 3.92. The van der Waals surface area contributed by atoms with Crippen LogP contribution in [0.5, 0.6) is 0 Å². The average Bonchev–Trinajstić information content (AvgIpc) is 3.54. The van der Waals surface area contributed by atoms with Crippen LogP contribution in [0, 0.1) is 11.6 Å². The van der Waals surface area contributed by atoms with Crippen LogP contribution in [0.25, 0.3) is 43.9 Å². The number of hydrogen-bond donors (Lipinski definition) is 2. The van der Waals surface area contributed by atoms with Crippen molar-refractivity contribution in [3.05, 3.63) is 98.8 Å². The Morgan fingerprint density at radius 3 is 2.64 bits per heavy atom. The van der Waals surface area contributed by atoms with Gasteiger partial charge in [-0.1, -0.05) is 0 Å². The van der Waals surface area contributed by atoms with Crippen molar-refractivity contribution in [1.29, 1.82) is 0 Å². The molecule has 216 valence electrons. The monoisotopic (exact) mass is 595 g/mol. The molecule has 0 radical (unpaired) electrons. The van der Waals surface area contributed by atoms with E-state index in [9.17, 15) is 14.4 Å². The molecule has 2 aromatic carbocycles. The van der Waals surface area contributed by atoms with Gasteiger partial charge < -0.3 is 28.6 Å². The molecule has 42 heavy (non-hydrogen) atoms. The molecule has 0 bridgehead atoms. The molecule has 6 rings (SSSR count). The van der Waals surface area contributed by atoms with E-state index in [0.717, 1.165) is 6.07 Å². The molecule has 4 heterocycles. The molecule has 0 fully saturated rings. The molecule has 6 aromatic rings. The lowest BCUT2D eigenvalue weighted by molar-refractivity contribution is 0.0471. The summed E-state index contributed by atoms with van der Waals surface area (Å²) in [6, 6.07) is 8.21. The third-order valence-corrected chi connectivity index (χ3v) is 6.91. The second-order valence-electron chi connectivity index (χ2n) is 9.77. The fraction of sp³-hybridized carbons (Fsp3) is 0.172. The number of aromatic amines is 2. The molecular formula is C29H24ClF2N5O5. The largest absolute Gasteiger partial charge is 0.463 e. The van der Waals surface area contributed by atoms with Gasteiger partial charge in [-0.3, -0.25) is 9.59 Å². The van der Waals surface area contributed by atoms with Crippen molar-refractivity contribution in [3.8, 4) is 11.1 Å². The van der Waals surface area contributed by atoms with Crippen molar-refractivity contribution >= 4 is 51.2 Å². The number of aromatic nitrogens is 4. The number of halogens is 3. The number of esters is 1. The van der Waals surface area contributed by atoms with Gasteiger partial charge in [0.15, 0.2) is 0 Å². The van der Waals surface area contributed by atoms with E-state index < -0.39 is 28.7 Å². The molecule has 0 spiro atoms. The summed E-state index contributed by atoms with van der Waals surface area (Å²) < 4.78 is 43.4. The lowest BCUT2D eigenvalue weighted by Gasteiger charge is -2.14. The first-order valence-electron chi connectivity index (χ1n) is 12.6. The number of hydrogen-bond acceptors (Lipinski definition) is 7. The Kier molecular flexibility index (Phi) is 7.67. The van der Waals surface area contributed by atoms with Crippen molar-refractivity contribution in [3.63, 3.8) is 0 Å². The maximum absolute atomic E-state index is 15.4. The quantitative estimate of drug-likeness (QED) is 0.261. The van der Waals surface area contributed by atoms with Crippen molar-refractivity contribution in [2.24, 2.45) is 0 Å². The van der Waals surface area contributed by atoms with Gasteiger partial charge in [-0.25, -0.2) is 18.6 Å². The topological polar surface area (TPSA) is 126 Å². The molecule has 2 N–H and O–H groups in total. The Balaban J connectivity index is 0.00000353. The highest BCUT2D eigenvalue weighted by Gasteiger charge is 2.30. The number of carbonyl (C=O) groups is 1. The van der Waals surface area contributed by atoms with Gasteiger partial charge in [0, 0.05) is 29.9 Å². The third-order valence-electron chi connectivity index (χ3n) is 6.91. The van der Waals surface area contributed by atoms with Crippen LogP contribution >= 0.6 is 12.4 Å². The zero-order chi connectivity index (χ0) is 28.8. The highest BCUT2D eigenvalue weighted by atomic mass is 35.5. The number of nitrogens with zero attached hydrogens (tertiary/aromatic N) is 3. The van der Waals surface area contributed by atoms with Crippen molar-refractivity contribution in [2.75, 3.05) is 27.2 Å². The van der Waals surface area contributed by atoms with Gasteiger partial charge in [-0.15, -0.1) is 12.4 Å². The standard InChI is InChI=1S/C29H23F2N5O5.ClH/c1-35(2)7-9-41-29(39)25-23(17-4-3-6-32-27(17)37)24-22(12-20(31)16-5-8-40-26(16)24)36(25)13-15-10-18-21(11-19(15)30)33-14-34-28(18)38;/h3-6,8,10-12,14H,7,9,13H2,1-2H3,(H,32,37)(H,33,34,38);1H. The minimum absolute atomic E-state index is 0. The van der Waals surface area contributed by atoms with Crippen molar-refractivity contribution < 1.29 is 22.7 Å². The summed E-state index contributed by atoms with van der Waals surface area (Å²) in [6.45, 7) is 0.133. The number of nitrogens with one attached hydrogen (secondary N) is 2. The zero-order valence-corrected chi connectivity index (χ0v) is 23.2. The first kappa shape index (κ1) is 28.7. The maximum Gasteiger partial charge on any atom is 0.355 e. The van der Waals surface area contributed by atoms with Crippen LogP contribution in [0.3, 0.4) is 0 Å². The molecule has 0 saturated heterocycles. The van der Waals surface area contributed by atoms with Gasteiger partial charge in [0.2, 0.25) is 0 Å². The van der Waals surface area contributed by atoms with E-state index in [1.807, 2.05) is 19.0 Å². The molecule has 0 unspecified atom stereocenters. The molecule has 4 aromatic heterocycles. The Labute approximate surface area is 241 Å². The Morgan fingerprint density at radius 2 is 1.88 bits per heavy atom. The molecule has 0 aliphatic heterocycles. The summed E-state index contributed by atoms with van der Waals surface area (Å²) in [5, 5.41) is 0.559. The number of fused-ring (bicyclic) bond motifs is 4. The predicted octanol–water partition coefficient (Wildman–Crippen LogP) is 4.45. The SMILES string of the molecule is CN(C)CCOC(=O)c1c(-c2ccc[nH]c2=O)c2c3occc3c(F)cc2n1Cc1cc2c(=O)[nH]cnc2cc1F.Cl. The van der Waals surface area contributed by atoms with E-state index in [0.29, 0.717) is 6.54 Å². The summed E-state index contributed by atoms with van der Waals surface area (Å²) >= 11 is 0. The summed E-state index contributed by atoms with van der Waals surface area (Å²) in [7, 11) is 3.63. The van der Waals surface area contributed by atoms with Crippen LogP contribution in [0.1, 0.15) is 16.1 Å². The number of likely N-dealkylation sites (N-methyl/N-ethyl adjacent to an activating group) is 1. The number of furan rings is 1. The molecule has 0 saturated carbocycles. The molecule has 0 atom stereocenters. The highest BCUT2D eigenvalue weighted by molar-refractivity contribution is 6.17. The van der Waals surface area contributed by atoms with Crippen LogP contribution in [0.2, 0.25) is 0 Å². The fourth-order valence-corrected chi connectivity index (χ4v) is 4.98. The maximum atomic E-state index is 15.4. The molecule has 0 aliphatic carbocycles. The van der Waals surface area contributed by atoms with Crippen LogP contribution in [-0.2, 0) is 11.3 Å². The first-order valence-corrected chi connectivity index (χ1v) is 12.6. The Bertz CT molecular complexity index is 2100. The van der Waals surface area contributed by atoms with Gasteiger partial charge in [0.05, 0.1) is 51.9 Å². The molecule has 10 nitrogen and oxygen atoms in total. The Morgan fingerprint density at radius 1 is 1.07 bits per heavy atom. The van der Waals surface area contributed by atoms with E-state index in [2.05, 4.69) is 15.0 Å². The van der Waals surface area contributed by atoms with Crippen LogP contribution < -0.4 is 11.1 Å². The van der Waals surface area contributed by atoms with Gasteiger partial charge in [0.25, 0.3) is 11.1 Å². The number of carbonyl (C=O) groups excluding carboxylic acids is 1. The van der Waals surface area contributed by atoms with Crippen molar-refractivity contribution in [1.82, 2.24) is 24.4 Å². The summed E-state index contributed by atoms with van der Waals surface area (Å²) in [5.41, 5.74) is -0.361. The summed E-state index contributed by atoms with van der Waals surface area (Å²) in [5.74, 6) is -2.13. The highest BCUT2D eigenvalue weighted by Crippen LogP contribution is 2.40. The molecule has 0 aliphatic rings. The number of pyridine rings is 1. The minimum Gasteiger partial charge on any atom is -0.463 e. The number of ether oxygens (including phenoxy) is 1. The predicted molar refractivity (Wildman–Crippen MR) is 155 cm³/mol. The van der Waals surface area contributed by atoms with Crippen LogP contribution in [0.4, 0.5) is 8.78 Å². The minimum atomic E-state index is -0.804. The number of H-pyrrole nitrogens is 2. The zero-order valence-electron chi connectivity index (χ0n) is 22.4. The van der Waals surface area contributed by atoms with E-state index in [4.69, 9.17) is 9.15 Å². The smallest absolute Gasteiger partial charge is 0.355 e. The van der Waals surface area contributed by atoms with Gasteiger partial charge in [-0.2, -0.15) is 0 Å². The van der Waals surface area contributed by atoms with E-state index in [1.165, 1.54) is 47.6 Å². The van der Waals surface area contributed by atoms with Crippen LogP contribution in [-0.4, -0.2) is 57.6 Å².